The van der Waals surface area contributed by atoms with Crippen LogP contribution in [0.2, 0.25) is 0 Å². The van der Waals surface area contributed by atoms with Crippen molar-refractivity contribution in [3.05, 3.63) is 267 Å². The summed E-state index contributed by atoms with van der Waals surface area (Å²) < 4.78 is 4.81. The first-order valence-corrected chi connectivity index (χ1v) is 24.9. The van der Waals surface area contributed by atoms with E-state index in [-0.39, 0.29) is 0 Å². The SMILES string of the molecule is c1ccc(-c2cc(-c3ccc4c5ccccc5n(-c5ccccc5-c5cc(-c6ccccc6-n6c7ccccc7c7ccc(-c8ccnc(-c9ccccc9)c8)cc76)nc(-c6ccccc6)n5)c4c3)ccn2)cc1. The summed E-state index contributed by atoms with van der Waals surface area (Å²) in [5.74, 6) is 0.649. The van der Waals surface area contributed by atoms with Crippen LogP contribution in [0.15, 0.2) is 267 Å². The molecule has 0 saturated heterocycles. The molecule has 14 rings (SSSR count). The summed E-state index contributed by atoms with van der Waals surface area (Å²) in [6.45, 7) is 0. The van der Waals surface area contributed by atoms with Gasteiger partial charge in [-0.1, -0.05) is 188 Å². The molecule has 0 unspecified atom stereocenters. The van der Waals surface area contributed by atoms with Crippen molar-refractivity contribution in [2.24, 2.45) is 0 Å². The molecule has 5 heterocycles. The Morgan fingerprint density at radius 1 is 0.243 bits per heavy atom. The molecule has 9 aromatic carbocycles. The van der Waals surface area contributed by atoms with Gasteiger partial charge in [0, 0.05) is 61.8 Å². The number of hydrogen-bond donors (Lipinski definition) is 0. The van der Waals surface area contributed by atoms with Crippen molar-refractivity contribution in [1.82, 2.24) is 29.1 Å². The fourth-order valence-corrected chi connectivity index (χ4v) is 10.8. The molecule has 0 aliphatic heterocycles. The molecule has 74 heavy (non-hydrogen) atoms. The van der Waals surface area contributed by atoms with Crippen LogP contribution in [0.1, 0.15) is 0 Å². The van der Waals surface area contributed by atoms with Crippen molar-refractivity contribution in [1.29, 1.82) is 0 Å². The summed E-state index contributed by atoms with van der Waals surface area (Å²) in [5.41, 5.74) is 19.5. The van der Waals surface area contributed by atoms with Gasteiger partial charge in [0.15, 0.2) is 5.82 Å². The van der Waals surface area contributed by atoms with Crippen LogP contribution in [0.3, 0.4) is 0 Å². The molecule has 14 aromatic rings. The maximum Gasteiger partial charge on any atom is 0.160 e. The zero-order valence-electron chi connectivity index (χ0n) is 40.1. The molecule has 6 heteroatoms. The Morgan fingerprint density at radius 3 is 1.09 bits per heavy atom. The quantitative estimate of drug-likeness (QED) is 0.145. The van der Waals surface area contributed by atoms with Crippen LogP contribution < -0.4 is 0 Å². The van der Waals surface area contributed by atoms with Gasteiger partial charge in [-0.15, -0.1) is 0 Å². The Morgan fingerprint density at radius 2 is 0.622 bits per heavy atom. The molecule has 0 radical (unpaired) electrons. The molecule has 0 atom stereocenters. The Labute approximate surface area is 427 Å². The van der Waals surface area contributed by atoms with Crippen molar-refractivity contribution in [3.63, 3.8) is 0 Å². The van der Waals surface area contributed by atoms with Crippen molar-refractivity contribution < 1.29 is 0 Å². The van der Waals surface area contributed by atoms with Crippen LogP contribution in [0.5, 0.6) is 0 Å². The molecule has 0 spiro atoms. The molecule has 346 valence electrons. The van der Waals surface area contributed by atoms with Gasteiger partial charge in [-0.2, -0.15) is 0 Å². The van der Waals surface area contributed by atoms with Gasteiger partial charge >= 0.3 is 0 Å². The normalized spacial score (nSPS) is 11.5. The molecule has 0 amide bonds. The minimum absolute atomic E-state index is 0.649. The molecule has 6 nitrogen and oxygen atoms in total. The average Bonchev–Trinajstić information content (AvgIpc) is 4.00. The highest BCUT2D eigenvalue weighted by molar-refractivity contribution is 6.12. The molecule has 5 aromatic heterocycles. The van der Waals surface area contributed by atoms with E-state index in [2.05, 4.69) is 246 Å². The lowest BCUT2D eigenvalue weighted by Gasteiger charge is -2.17. The van der Waals surface area contributed by atoms with Gasteiger partial charge in [-0.05, 0) is 89.0 Å². The number of hydrogen-bond acceptors (Lipinski definition) is 4. The number of aromatic nitrogens is 6. The molecule has 0 aliphatic carbocycles. The third kappa shape index (κ3) is 7.44. The first-order chi connectivity index (χ1) is 36.7. The Bertz CT molecular complexity index is 4160. The van der Waals surface area contributed by atoms with E-state index in [0.717, 1.165) is 106 Å². The van der Waals surface area contributed by atoms with Gasteiger partial charge < -0.3 is 9.13 Å². The summed E-state index contributed by atoms with van der Waals surface area (Å²) in [4.78, 5) is 20.4. The van der Waals surface area contributed by atoms with E-state index >= 15 is 0 Å². The first kappa shape index (κ1) is 42.8. The van der Waals surface area contributed by atoms with Crippen LogP contribution in [0.25, 0.3) is 134 Å². The van der Waals surface area contributed by atoms with Crippen molar-refractivity contribution in [3.8, 4) is 90.0 Å². The summed E-state index contributed by atoms with van der Waals surface area (Å²) in [6, 6.07) is 90.1. The molecular formula is C68H44N6. The third-order valence-corrected chi connectivity index (χ3v) is 14.3. The molecular weight excluding hydrogens is 901 g/mol. The largest absolute Gasteiger partial charge is 0.309 e. The lowest BCUT2D eigenvalue weighted by atomic mass is 10.0. The molecule has 0 aliphatic rings. The van der Waals surface area contributed by atoms with Gasteiger partial charge in [0.2, 0.25) is 0 Å². The summed E-state index contributed by atoms with van der Waals surface area (Å²) in [5, 5.41) is 4.71. The molecule has 0 saturated carbocycles. The summed E-state index contributed by atoms with van der Waals surface area (Å²) >= 11 is 0. The maximum absolute atomic E-state index is 5.46. The lowest BCUT2D eigenvalue weighted by molar-refractivity contribution is 1.14. The lowest BCUT2D eigenvalue weighted by Crippen LogP contribution is -2.02. The van der Waals surface area contributed by atoms with E-state index in [1.54, 1.807) is 0 Å². The highest BCUT2D eigenvalue weighted by Crippen LogP contribution is 2.42. The van der Waals surface area contributed by atoms with Crippen LogP contribution in [-0.2, 0) is 0 Å². The zero-order chi connectivity index (χ0) is 49.0. The number of rotatable bonds is 9. The number of pyridine rings is 2. The van der Waals surface area contributed by atoms with E-state index in [4.69, 9.17) is 19.9 Å². The minimum atomic E-state index is 0.649. The van der Waals surface area contributed by atoms with Crippen molar-refractivity contribution >= 4 is 43.6 Å². The van der Waals surface area contributed by atoms with Crippen LogP contribution >= 0.6 is 0 Å². The number of fused-ring (bicyclic) bond motifs is 6. The standard InChI is InChI=1S/C68H44N6/c1-4-18-45(19-5-1)58-40-50(36-38-69-58)48-32-34-54-52-24-10-14-28-62(52)73(66(54)42-48)64-30-16-12-26-56(64)60-44-61(72-68(71-60)47-22-8-3-9-23-47)57-27-13-17-31-65(57)74-63-29-15-11-25-53(63)55-35-33-49(43-67(55)74)51-37-39-70-59(41-51)46-20-6-2-7-21-46/h1-44H. The predicted molar refractivity (Wildman–Crippen MR) is 304 cm³/mol. The maximum atomic E-state index is 5.46. The second-order valence-electron chi connectivity index (χ2n) is 18.6. The number of nitrogens with zero attached hydrogens (tertiary/aromatic N) is 6. The van der Waals surface area contributed by atoms with Gasteiger partial charge in [0.05, 0.1) is 56.2 Å². The van der Waals surface area contributed by atoms with Gasteiger partial charge in [0.25, 0.3) is 0 Å². The molecule has 0 fully saturated rings. The summed E-state index contributed by atoms with van der Waals surface area (Å²) in [6.07, 6.45) is 3.81. The van der Waals surface area contributed by atoms with Crippen LogP contribution in [-0.4, -0.2) is 29.1 Å². The second-order valence-corrected chi connectivity index (χ2v) is 18.6. The monoisotopic (exact) mass is 944 g/mol. The van der Waals surface area contributed by atoms with Gasteiger partial charge in [-0.3, -0.25) is 9.97 Å². The zero-order valence-corrected chi connectivity index (χ0v) is 40.1. The van der Waals surface area contributed by atoms with Crippen molar-refractivity contribution in [2.45, 2.75) is 0 Å². The Balaban J connectivity index is 0.955. The molecule has 0 N–H and O–H groups in total. The topological polar surface area (TPSA) is 61.4 Å². The van der Waals surface area contributed by atoms with E-state index in [1.165, 1.54) is 21.5 Å². The molecule has 0 bridgehead atoms. The Hall–Kier alpha value is -10.0. The van der Waals surface area contributed by atoms with E-state index in [1.807, 2.05) is 30.6 Å². The van der Waals surface area contributed by atoms with E-state index in [0.29, 0.717) is 5.82 Å². The minimum Gasteiger partial charge on any atom is -0.309 e. The Kier molecular flexibility index (Phi) is 10.4. The highest BCUT2D eigenvalue weighted by Gasteiger charge is 2.22. The van der Waals surface area contributed by atoms with Crippen LogP contribution in [0.4, 0.5) is 0 Å². The van der Waals surface area contributed by atoms with Gasteiger partial charge in [-0.25, -0.2) is 9.97 Å². The van der Waals surface area contributed by atoms with E-state index < -0.39 is 0 Å². The predicted octanol–water partition coefficient (Wildman–Crippen LogP) is 17.1. The average molecular weight is 945 g/mol. The van der Waals surface area contributed by atoms with E-state index in [9.17, 15) is 0 Å². The fraction of sp³-hybridized carbons (Fsp3) is 0. The fourth-order valence-electron chi connectivity index (χ4n) is 10.8. The summed E-state index contributed by atoms with van der Waals surface area (Å²) in [7, 11) is 0. The van der Waals surface area contributed by atoms with Gasteiger partial charge in [0.1, 0.15) is 0 Å². The number of para-hydroxylation sites is 4. The van der Waals surface area contributed by atoms with Crippen molar-refractivity contribution in [2.75, 3.05) is 0 Å². The highest BCUT2D eigenvalue weighted by atomic mass is 15.0. The smallest absolute Gasteiger partial charge is 0.160 e. The third-order valence-electron chi connectivity index (χ3n) is 14.3. The first-order valence-electron chi connectivity index (χ1n) is 24.9. The number of benzene rings is 9. The second kappa shape index (κ2) is 18.0. The van der Waals surface area contributed by atoms with Crippen LogP contribution in [0, 0.1) is 0 Å².